The summed E-state index contributed by atoms with van der Waals surface area (Å²) in [6, 6.07) is 8.85. The second-order valence-corrected chi connectivity index (χ2v) is 8.96. The van der Waals surface area contributed by atoms with Gasteiger partial charge in [0.15, 0.2) is 0 Å². The van der Waals surface area contributed by atoms with Gasteiger partial charge in [-0.2, -0.15) is 0 Å². The van der Waals surface area contributed by atoms with Crippen molar-refractivity contribution in [2.75, 3.05) is 46.4 Å². The molecule has 3 fully saturated rings. The van der Waals surface area contributed by atoms with Crippen molar-refractivity contribution in [3.05, 3.63) is 29.8 Å². The van der Waals surface area contributed by atoms with Crippen LogP contribution < -0.4 is 4.74 Å². The van der Waals surface area contributed by atoms with Crippen LogP contribution in [-0.4, -0.2) is 83.9 Å². The lowest BCUT2D eigenvalue weighted by Crippen LogP contribution is -2.77. The molecule has 1 aromatic rings. The maximum absolute atomic E-state index is 10.3. The van der Waals surface area contributed by atoms with E-state index in [1.54, 1.807) is 7.11 Å². The third-order valence-corrected chi connectivity index (χ3v) is 6.23. The summed E-state index contributed by atoms with van der Waals surface area (Å²) in [6.07, 6.45) is 0.780. The van der Waals surface area contributed by atoms with Gasteiger partial charge in [-0.1, -0.05) is 32.0 Å². The highest BCUT2D eigenvalue weighted by molar-refractivity contribution is 5.33. The van der Waals surface area contributed by atoms with E-state index in [4.69, 9.17) is 4.74 Å². The first kappa shape index (κ1) is 18.2. The Morgan fingerprint density at radius 2 is 1.88 bits per heavy atom. The quantitative estimate of drug-likeness (QED) is 0.866. The van der Waals surface area contributed by atoms with Crippen LogP contribution in [0.15, 0.2) is 24.3 Å². The van der Waals surface area contributed by atoms with Gasteiger partial charge in [0.2, 0.25) is 0 Å². The topological polar surface area (TPSA) is 39.2 Å². The minimum Gasteiger partial charge on any atom is -0.496 e. The number of hydrogen-bond donors (Lipinski definition) is 1. The van der Waals surface area contributed by atoms with Crippen molar-refractivity contribution in [1.29, 1.82) is 0 Å². The van der Waals surface area contributed by atoms with Gasteiger partial charge in [0.25, 0.3) is 0 Å². The molecular weight excluding hydrogens is 326 g/mol. The number of ether oxygens (including phenoxy) is 1. The average molecular weight is 360 g/mol. The Labute approximate surface area is 157 Å². The molecule has 1 spiro atoms. The van der Waals surface area contributed by atoms with Gasteiger partial charge in [0.05, 0.1) is 18.8 Å². The molecule has 3 heterocycles. The lowest BCUT2D eigenvalue weighted by atomic mass is 9.83. The van der Waals surface area contributed by atoms with Crippen molar-refractivity contribution in [1.82, 2.24) is 14.7 Å². The number of nitrogens with zero attached hydrogens (tertiary/aromatic N) is 3. The lowest BCUT2D eigenvalue weighted by Gasteiger charge is -2.61. The van der Waals surface area contributed by atoms with E-state index >= 15 is 0 Å². The Balaban J connectivity index is 1.45. The number of aliphatic hydroxyl groups is 1. The van der Waals surface area contributed by atoms with E-state index in [9.17, 15) is 5.11 Å². The maximum Gasteiger partial charge on any atom is 0.123 e. The van der Waals surface area contributed by atoms with Crippen molar-refractivity contribution in [3.8, 4) is 5.75 Å². The van der Waals surface area contributed by atoms with Crippen LogP contribution in [0.4, 0.5) is 0 Å². The Morgan fingerprint density at radius 3 is 2.62 bits per heavy atom. The first-order chi connectivity index (χ1) is 12.5. The van der Waals surface area contributed by atoms with Crippen LogP contribution in [0.1, 0.15) is 25.8 Å². The van der Waals surface area contributed by atoms with Crippen molar-refractivity contribution in [3.63, 3.8) is 0 Å². The van der Waals surface area contributed by atoms with Gasteiger partial charge in [-0.15, -0.1) is 0 Å². The summed E-state index contributed by atoms with van der Waals surface area (Å²) >= 11 is 0. The fourth-order valence-electron chi connectivity index (χ4n) is 5.43. The lowest BCUT2D eigenvalue weighted by molar-refractivity contribution is -0.118. The zero-order chi connectivity index (χ0) is 18.3. The van der Waals surface area contributed by atoms with E-state index < -0.39 is 0 Å². The molecule has 3 aliphatic rings. The zero-order valence-electron chi connectivity index (χ0n) is 16.4. The number of likely N-dealkylation sites (tertiary alicyclic amines) is 1. The summed E-state index contributed by atoms with van der Waals surface area (Å²) < 4.78 is 5.52. The molecule has 1 N–H and O–H groups in total. The SMILES string of the molecule is COc1ccccc1CN1CC2(CN(CC(C)C)CC3CC(O)CN32)C1. The van der Waals surface area contributed by atoms with Crippen molar-refractivity contribution >= 4 is 0 Å². The van der Waals surface area contributed by atoms with Gasteiger partial charge in [0, 0.05) is 57.4 Å². The fourth-order valence-corrected chi connectivity index (χ4v) is 5.43. The molecule has 3 saturated heterocycles. The molecule has 5 heteroatoms. The van der Waals surface area contributed by atoms with Gasteiger partial charge < -0.3 is 9.84 Å². The van der Waals surface area contributed by atoms with E-state index in [0.29, 0.717) is 12.0 Å². The van der Waals surface area contributed by atoms with E-state index in [2.05, 4.69) is 40.7 Å². The van der Waals surface area contributed by atoms with Crippen LogP contribution in [0.2, 0.25) is 0 Å². The third kappa shape index (κ3) is 3.38. The second kappa shape index (κ2) is 7.12. The number of β-amino-alcohol motifs (C(OH)–C–C–N with tert-alkyl or cyclic N) is 1. The molecule has 5 nitrogen and oxygen atoms in total. The highest BCUT2D eigenvalue weighted by Gasteiger charge is 2.55. The summed E-state index contributed by atoms with van der Waals surface area (Å²) in [6.45, 7) is 12.0. The molecule has 0 saturated carbocycles. The van der Waals surface area contributed by atoms with Gasteiger partial charge in [-0.25, -0.2) is 0 Å². The Morgan fingerprint density at radius 1 is 1.15 bits per heavy atom. The zero-order valence-corrected chi connectivity index (χ0v) is 16.4. The second-order valence-electron chi connectivity index (χ2n) is 8.96. The first-order valence-electron chi connectivity index (χ1n) is 10.0. The highest BCUT2D eigenvalue weighted by Crippen LogP contribution is 2.40. The Bertz CT molecular complexity index is 629. The summed E-state index contributed by atoms with van der Waals surface area (Å²) in [7, 11) is 1.75. The number of benzene rings is 1. The van der Waals surface area contributed by atoms with Gasteiger partial charge in [-0.05, 0) is 18.4 Å². The molecular formula is C21H33N3O2. The van der Waals surface area contributed by atoms with Crippen LogP contribution >= 0.6 is 0 Å². The van der Waals surface area contributed by atoms with Crippen molar-refractivity contribution < 1.29 is 9.84 Å². The van der Waals surface area contributed by atoms with E-state index in [0.717, 1.165) is 58.0 Å². The van der Waals surface area contributed by atoms with Crippen LogP contribution in [0.3, 0.4) is 0 Å². The summed E-state index contributed by atoms with van der Waals surface area (Å²) in [4.78, 5) is 7.80. The van der Waals surface area contributed by atoms with Crippen LogP contribution in [0.25, 0.3) is 0 Å². The van der Waals surface area contributed by atoms with E-state index in [-0.39, 0.29) is 11.6 Å². The maximum atomic E-state index is 10.3. The molecule has 26 heavy (non-hydrogen) atoms. The Hall–Kier alpha value is -1.14. The summed E-state index contributed by atoms with van der Waals surface area (Å²) in [5.74, 6) is 1.67. The first-order valence-corrected chi connectivity index (χ1v) is 10.0. The minimum atomic E-state index is -0.154. The van der Waals surface area contributed by atoms with Crippen molar-refractivity contribution in [2.24, 2.45) is 5.92 Å². The summed E-state index contributed by atoms with van der Waals surface area (Å²) in [5, 5.41) is 10.3. The number of fused-ring (bicyclic) bond motifs is 2. The largest absolute Gasteiger partial charge is 0.496 e. The fraction of sp³-hybridized carbons (Fsp3) is 0.714. The monoisotopic (exact) mass is 359 g/mol. The molecule has 2 atom stereocenters. The van der Waals surface area contributed by atoms with Gasteiger partial charge in [-0.3, -0.25) is 14.7 Å². The molecule has 144 valence electrons. The molecule has 1 aromatic carbocycles. The average Bonchev–Trinajstić information content (AvgIpc) is 2.94. The number of methoxy groups -OCH3 is 1. The molecule has 0 amide bonds. The Kier molecular flexibility index (Phi) is 4.99. The van der Waals surface area contributed by atoms with E-state index in [1.807, 2.05) is 12.1 Å². The standard InChI is InChI=1S/C21H33N3O2/c1-16(2)9-22-11-18-8-19(25)12-24(18)21(13-22)14-23(15-21)10-17-6-4-5-7-20(17)26-3/h4-7,16,18-19,25H,8-15H2,1-3H3. The highest BCUT2D eigenvalue weighted by atomic mass is 16.5. The van der Waals surface area contributed by atoms with Crippen molar-refractivity contribution in [2.45, 2.75) is 44.5 Å². The van der Waals surface area contributed by atoms with Gasteiger partial charge >= 0.3 is 0 Å². The molecule has 0 bridgehead atoms. The molecule has 3 aliphatic heterocycles. The van der Waals surface area contributed by atoms with Crippen LogP contribution in [-0.2, 0) is 6.54 Å². The summed E-state index contributed by atoms with van der Waals surface area (Å²) in [5.41, 5.74) is 1.48. The number of hydrogen-bond acceptors (Lipinski definition) is 5. The van der Waals surface area contributed by atoms with Crippen LogP contribution in [0, 0.1) is 5.92 Å². The molecule has 2 unspecified atom stereocenters. The number of para-hydroxylation sites is 1. The number of rotatable bonds is 5. The van der Waals surface area contributed by atoms with E-state index in [1.165, 1.54) is 5.56 Å². The normalized spacial score (nSPS) is 29.1. The number of piperazine rings is 1. The molecule has 0 aromatic heterocycles. The third-order valence-electron chi connectivity index (χ3n) is 6.23. The number of aliphatic hydroxyl groups excluding tert-OH is 1. The minimum absolute atomic E-state index is 0.154. The van der Waals surface area contributed by atoms with Gasteiger partial charge in [0.1, 0.15) is 5.75 Å². The predicted octanol–water partition coefficient (Wildman–Crippen LogP) is 1.66. The molecule has 0 aliphatic carbocycles. The molecule has 0 radical (unpaired) electrons. The van der Waals surface area contributed by atoms with Crippen LogP contribution in [0.5, 0.6) is 5.75 Å². The molecule has 4 rings (SSSR count). The predicted molar refractivity (Wildman–Crippen MR) is 103 cm³/mol. The smallest absolute Gasteiger partial charge is 0.123 e.